The van der Waals surface area contributed by atoms with Crippen LogP contribution in [-0.2, 0) is 36.4 Å². The summed E-state index contributed by atoms with van der Waals surface area (Å²) >= 11 is 15.7. The van der Waals surface area contributed by atoms with Gasteiger partial charge in [-0.15, -0.1) is 93.2 Å². The van der Waals surface area contributed by atoms with E-state index in [0.717, 1.165) is 11.1 Å². The number of hydrogen-bond donors (Lipinski definition) is 2. The van der Waals surface area contributed by atoms with Crippen molar-refractivity contribution in [1.82, 2.24) is 0 Å². The molecule has 2 rings (SSSR count). The van der Waals surface area contributed by atoms with Crippen molar-refractivity contribution in [2.45, 2.75) is 13.8 Å². The number of halogens is 4. The minimum absolute atomic E-state index is 0.529. The zero-order valence-electron chi connectivity index (χ0n) is 13.4. The molecule has 4 nitrogen and oxygen atoms in total. The molecule has 148 valence electrons. The second-order valence-corrected chi connectivity index (χ2v) is 5.08. The zero-order valence-corrected chi connectivity index (χ0v) is 19.5. The summed E-state index contributed by atoms with van der Waals surface area (Å²) in [5.41, 5.74) is 2.55. The number of benzene rings is 2. The van der Waals surface area contributed by atoms with Gasteiger partial charge in [0.2, 0.25) is 0 Å². The van der Waals surface area contributed by atoms with Crippen LogP contribution < -0.4 is 0 Å². The number of nitrogens with zero attached hydrogens (tertiary/aromatic N) is 2. The van der Waals surface area contributed by atoms with Crippen molar-refractivity contribution in [3.8, 4) is 0 Å². The number of hydrogen-bond acceptors (Lipinski definition) is 4. The molecule has 0 heterocycles. The monoisotopic (exact) mass is 618 g/mol. The Labute approximate surface area is 192 Å². The van der Waals surface area contributed by atoms with Gasteiger partial charge in [0.1, 0.15) is 0 Å². The Morgan fingerprint density at radius 1 is 0.769 bits per heavy atom. The van der Waals surface area contributed by atoms with Crippen molar-refractivity contribution in [3.63, 3.8) is 0 Å². The van der Waals surface area contributed by atoms with Gasteiger partial charge in [0.15, 0.2) is 0 Å². The standard InChI is InChI=1S/2C8H7ClNO.2ClH.2Pd/c2*1-6(10-11)7-2-4-8(9)5-3-7;;;;/h2*2,4-5,11H,1H3;2*1H;;/q2*-1;;;2*+2/p-2/b2*10-6+;;;;. The average molecular weight is 621 g/mol. The van der Waals surface area contributed by atoms with Gasteiger partial charge in [-0.25, -0.2) is 0 Å². The van der Waals surface area contributed by atoms with Crippen LogP contribution in [0.5, 0.6) is 0 Å². The fourth-order valence-corrected chi connectivity index (χ4v) is 1.60. The summed E-state index contributed by atoms with van der Waals surface area (Å²) in [4.78, 5) is 0. The van der Waals surface area contributed by atoms with Crippen molar-refractivity contribution in [3.05, 3.63) is 69.7 Å². The Bertz CT molecular complexity index is 607. The predicted molar refractivity (Wildman–Crippen MR) is 100 cm³/mol. The van der Waals surface area contributed by atoms with Crippen molar-refractivity contribution >= 4 is 53.7 Å². The summed E-state index contributed by atoms with van der Waals surface area (Å²) in [5.74, 6) is 0. The summed E-state index contributed by atoms with van der Waals surface area (Å²) in [6, 6.07) is 15.9. The first kappa shape index (κ1) is 28.1. The van der Waals surface area contributed by atoms with Crippen LogP contribution >= 0.6 is 42.3 Å². The maximum absolute atomic E-state index is 8.39. The minimum atomic E-state index is 0.529. The third-order valence-corrected chi connectivity index (χ3v) is 3.10. The second kappa shape index (κ2) is 18.2. The molecule has 26 heavy (non-hydrogen) atoms. The summed E-state index contributed by atoms with van der Waals surface area (Å²) in [6.07, 6.45) is 0. The quantitative estimate of drug-likeness (QED) is 0.141. The van der Waals surface area contributed by atoms with E-state index in [2.05, 4.69) is 77.9 Å². The van der Waals surface area contributed by atoms with Crippen molar-refractivity contribution in [2.24, 2.45) is 10.3 Å². The summed E-state index contributed by atoms with van der Waals surface area (Å²) in [7, 11) is 8.98. The van der Waals surface area contributed by atoms with Gasteiger partial charge in [-0.1, -0.05) is 13.8 Å². The van der Waals surface area contributed by atoms with E-state index in [9.17, 15) is 0 Å². The molecular formula is C16H14Cl4N2O2Pd2. The molecule has 10 heteroatoms. The predicted octanol–water partition coefficient (Wildman–Crippen LogP) is 6.05. The molecular weight excluding hydrogens is 607 g/mol. The van der Waals surface area contributed by atoms with Gasteiger partial charge in [0.25, 0.3) is 0 Å². The second-order valence-electron chi connectivity index (χ2n) is 4.21. The van der Waals surface area contributed by atoms with E-state index >= 15 is 0 Å². The first-order valence-electron chi connectivity index (χ1n) is 6.44. The molecule has 0 amide bonds. The normalized spacial score (nSPS) is 10.4. The van der Waals surface area contributed by atoms with Gasteiger partial charge in [-0.05, 0) is 10.0 Å². The van der Waals surface area contributed by atoms with E-state index in [4.69, 9.17) is 33.6 Å². The van der Waals surface area contributed by atoms with Crippen LogP contribution in [0, 0.1) is 12.1 Å². The Balaban J connectivity index is 0. The van der Waals surface area contributed by atoms with Crippen LogP contribution in [-0.4, -0.2) is 21.8 Å². The van der Waals surface area contributed by atoms with Gasteiger partial charge in [0, 0.05) is 11.4 Å². The molecule has 0 saturated heterocycles. The van der Waals surface area contributed by atoms with Crippen molar-refractivity contribution in [2.75, 3.05) is 0 Å². The topological polar surface area (TPSA) is 65.2 Å². The molecule has 0 saturated carbocycles. The number of rotatable bonds is 2. The Morgan fingerprint density at radius 2 is 1.08 bits per heavy atom. The van der Waals surface area contributed by atoms with Crippen molar-refractivity contribution in [1.29, 1.82) is 0 Å². The first-order valence-corrected chi connectivity index (χ1v) is 11.2. The molecule has 0 fully saturated rings. The Kier molecular flexibility index (Phi) is 19.7. The average Bonchev–Trinajstić information content (AvgIpc) is 2.71. The Hall–Kier alpha value is -0.135. The zero-order chi connectivity index (χ0) is 20.5. The molecule has 0 bridgehead atoms. The van der Waals surface area contributed by atoms with Crippen LogP contribution in [0.25, 0.3) is 0 Å². The van der Waals surface area contributed by atoms with E-state index in [1.54, 1.807) is 50.2 Å². The third kappa shape index (κ3) is 12.3. The van der Waals surface area contributed by atoms with E-state index in [0.29, 0.717) is 21.5 Å². The van der Waals surface area contributed by atoms with Crippen LogP contribution in [0.3, 0.4) is 0 Å². The van der Waals surface area contributed by atoms with Crippen molar-refractivity contribution < 1.29 is 46.8 Å². The molecule has 0 aromatic heterocycles. The molecule has 0 aliphatic rings. The molecule has 0 aliphatic heterocycles. The van der Waals surface area contributed by atoms with Gasteiger partial charge in [0.05, 0.1) is 0 Å². The van der Waals surface area contributed by atoms with E-state index < -0.39 is 0 Å². The van der Waals surface area contributed by atoms with Crippen LogP contribution in [0.4, 0.5) is 0 Å². The maximum atomic E-state index is 8.39. The molecule has 2 N–H and O–H groups in total. The van der Waals surface area contributed by atoms with Gasteiger partial charge < -0.3 is 10.4 Å². The molecule has 2 aromatic carbocycles. The third-order valence-electron chi connectivity index (χ3n) is 2.63. The summed E-state index contributed by atoms with van der Waals surface area (Å²) in [5, 5.41) is 24.1. The van der Waals surface area contributed by atoms with Crippen LogP contribution in [0.15, 0.2) is 46.7 Å². The Morgan fingerprint density at radius 3 is 1.27 bits per heavy atom. The molecule has 0 spiro atoms. The summed E-state index contributed by atoms with van der Waals surface area (Å²) in [6.45, 7) is 3.39. The fourth-order valence-electron chi connectivity index (χ4n) is 1.37. The van der Waals surface area contributed by atoms with Crippen LogP contribution in [0.2, 0.25) is 10.0 Å². The number of oxime groups is 2. The van der Waals surface area contributed by atoms with Crippen LogP contribution in [0.1, 0.15) is 25.0 Å². The van der Waals surface area contributed by atoms with E-state index in [-0.39, 0.29) is 0 Å². The first-order chi connectivity index (χ1) is 12.5. The van der Waals surface area contributed by atoms with E-state index in [1.165, 1.54) is 0 Å². The molecule has 0 atom stereocenters. The van der Waals surface area contributed by atoms with Gasteiger partial charge in [-0.2, -0.15) is 0 Å². The SMILES string of the molecule is C/C(=N\O)c1[c-]cc(Cl)cc1.C/C(=N\O)c1[c-]cc(Cl)cc1.[Cl][Pd+].[Cl][Pd+]. The van der Waals surface area contributed by atoms with E-state index in [1.807, 2.05) is 0 Å². The molecule has 2 aromatic rings. The van der Waals surface area contributed by atoms with Gasteiger partial charge in [-0.3, -0.25) is 0 Å². The fraction of sp³-hybridized carbons (Fsp3) is 0.125. The molecule has 0 radical (unpaired) electrons. The molecule has 0 unspecified atom stereocenters. The molecule has 0 aliphatic carbocycles. The van der Waals surface area contributed by atoms with Gasteiger partial charge >= 0.3 is 55.4 Å². The summed E-state index contributed by atoms with van der Waals surface area (Å²) < 4.78 is 0.